The molecule has 0 saturated carbocycles. The molecule has 2 heterocycles. The number of fused-ring (bicyclic) bond motifs is 1. The van der Waals surface area contributed by atoms with Crippen molar-refractivity contribution in [2.24, 2.45) is 0 Å². The van der Waals surface area contributed by atoms with Crippen LogP contribution in [-0.4, -0.2) is 113 Å². The highest BCUT2D eigenvalue weighted by molar-refractivity contribution is 5.68. The molecule has 1 fully saturated rings. The maximum atomic E-state index is 13.4. The summed E-state index contributed by atoms with van der Waals surface area (Å²) in [5.41, 5.74) is 4.50. The molecule has 4 aromatic carbocycles. The van der Waals surface area contributed by atoms with E-state index in [2.05, 4.69) is 14.6 Å². The van der Waals surface area contributed by atoms with Crippen LogP contribution in [0.4, 0.5) is 16.2 Å². The second-order valence-corrected chi connectivity index (χ2v) is 13.9. The second kappa shape index (κ2) is 22.0. The van der Waals surface area contributed by atoms with Gasteiger partial charge in [-0.1, -0.05) is 42.5 Å². The van der Waals surface area contributed by atoms with Crippen LogP contribution < -0.4 is 28.7 Å². The molecular formula is C43H54N4O11. The van der Waals surface area contributed by atoms with Gasteiger partial charge in [0.15, 0.2) is 0 Å². The zero-order chi connectivity index (χ0) is 40.5. The van der Waals surface area contributed by atoms with E-state index in [1.54, 1.807) is 43.4 Å². The van der Waals surface area contributed by atoms with E-state index in [-0.39, 0.29) is 24.6 Å². The summed E-state index contributed by atoms with van der Waals surface area (Å²) in [5.74, 6) is 3.13. The number of carbonyl (C=O) groups is 1. The van der Waals surface area contributed by atoms with Crippen molar-refractivity contribution < 1.29 is 53.2 Å². The lowest BCUT2D eigenvalue weighted by atomic mass is 10.1. The van der Waals surface area contributed by atoms with E-state index in [1.165, 1.54) is 0 Å². The summed E-state index contributed by atoms with van der Waals surface area (Å²) < 4.78 is 40.7. The molecule has 0 spiro atoms. The molecule has 6 rings (SSSR count). The van der Waals surface area contributed by atoms with E-state index < -0.39 is 6.09 Å². The molecule has 0 aromatic heterocycles. The Morgan fingerprint density at radius 3 is 2.36 bits per heavy atom. The van der Waals surface area contributed by atoms with Gasteiger partial charge < -0.3 is 47.9 Å². The van der Waals surface area contributed by atoms with Crippen molar-refractivity contribution in [2.45, 2.75) is 38.7 Å². The Morgan fingerprint density at radius 2 is 1.59 bits per heavy atom. The topological polar surface area (TPSA) is 144 Å². The van der Waals surface area contributed by atoms with Crippen LogP contribution in [0.25, 0.3) is 0 Å². The van der Waals surface area contributed by atoms with Crippen molar-refractivity contribution in [3.63, 3.8) is 0 Å². The molecule has 15 nitrogen and oxygen atoms in total. The average Bonchev–Trinajstić information content (AvgIpc) is 3.26. The largest absolute Gasteiger partial charge is 0.496 e. The lowest BCUT2D eigenvalue weighted by molar-refractivity contribution is -0.497. The molecule has 15 heteroatoms. The number of hydrogen-bond acceptors (Lipinski definition) is 14. The number of amides is 1. The molecule has 1 amide bonds. The van der Waals surface area contributed by atoms with Crippen molar-refractivity contribution >= 4 is 17.5 Å². The first kappa shape index (κ1) is 42.3. The van der Waals surface area contributed by atoms with Crippen LogP contribution in [0.2, 0.25) is 0 Å². The fourth-order valence-corrected chi connectivity index (χ4v) is 6.86. The smallest absolute Gasteiger partial charge is 0.410 e. The van der Waals surface area contributed by atoms with Gasteiger partial charge in [0, 0.05) is 63.6 Å². The Balaban J connectivity index is 1.06. The van der Waals surface area contributed by atoms with Crippen molar-refractivity contribution in [3.05, 3.63) is 108 Å². The van der Waals surface area contributed by atoms with Crippen molar-refractivity contribution in [1.82, 2.24) is 10.3 Å². The highest BCUT2D eigenvalue weighted by Crippen LogP contribution is 2.35. The molecule has 2 aliphatic rings. The Hall–Kier alpha value is -5.29. The first-order valence-electron chi connectivity index (χ1n) is 19.5. The summed E-state index contributed by atoms with van der Waals surface area (Å²) in [6.07, 6.45) is 1.23. The molecule has 1 saturated heterocycles. The summed E-state index contributed by atoms with van der Waals surface area (Å²) in [6.45, 7) is 6.30. The zero-order valence-electron chi connectivity index (χ0n) is 33.2. The molecule has 0 radical (unpaired) electrons. The van der Waals surface area contributed by atoms with Gasteiger partial charge in [0.25, 0.3) is 0 Å². The Bertz CT molecular complexity index is 1850. The Labute approximate surface area is 339 Å². The predicted molar refractivity (Wildman–Crippen MR) is 215 cm³/mol. The molecule has 0 aliphatic carbocycles. The number of benzene rings is 4. The highest BCUT2D eigenvalue weighted by Gasteiger charge is 2.31. The van der Waals surface area contributed by atoms with Crippen LogP contribution in [0, 0.1) is 0 Å². The van der Waals surface area contributed by atoms with Crippen LogP contribution in [0.3, 0.4) is 0 Å². The summed E-state index contributed by atoms with van der Waals surface area (Å²) in [7, 11) is 3.37. The summed E-state index contributed by atoms with van der Waals surface area (Å²) in [4.78, 5) is 24.3. The number of carbonyl (C=O) groups excluding carboxylic acids is 1. The maximum absolute atomic E-state index is 13.4. The number of nitrogens with zero attached hydrogens (tertiary/aromatic N) is 4. The number of rotatable bonds is 21. The molecule has 1 atom stereocenters. The number of ether oxygens (including phenoxy) is 7. The molecule has 58 heavy (non-hydrogen) atoms. The normalized spacial score (nSPS) is 15.2. The SMILES string of the molecule is COCCCN1CCOc2ccc(OC[C@H]3CN(C(=O)OCc4ccc(CON(O)O)cc4)CCN3c3ccc(OCCCOCc4ccccc4OC)cc3)cc21. The molecule has 2 aliphatic heterocycles. The van der Waals surface area contributed by atoms with Gasteiger partial charge in [0.1, 0.15) is 42.8 Å². The lowest BCUT2D eigenvalue weighted by Crippen LogP contribution is -2.57. The van der Waals surface area contributed by atoms with Gasteiger partial charge in [-0.15, -0.1) is 0 Å². The summed E-state index contributed by atoms with van der Waals surface area (Å²) >= 11 is 0. The molecule has 4 aromatic rings. The molecular weight excluding hydrogens is 748 g/mol. The predicted octanol–water partition coefficient (Wildman–Crippen LogP) is 6.33. The van der Waals surface area contributed by atoms with Gasteiger partial charge in [-0.2, -0.15) is 0 Å². The fraction of sp³-hybridized carbons (Fsp3) is 0.419. The average molecular weight is 803 g/mol. The second-order valence-electron chi connectivity index (χ2n) is 13.9. The van der Waals surface area contributed by atoms with E-state index in [0.717, 1.165) is 77.0 Å². The van der Waals surface area contributed by atoms with E-state index in [1.807, 2.05) is 66.7 Å². The Morgan fingerprint density at radius 1 is 0.810 bits per heavy atom. The Kier molecular flexibility index (Phi) is 16.1. The van der Waals surface area contributed by atoms with Crippen LogP contribution in [0.1, 0.15) is 29.5 Å². The number of methoxy groups -OCH3 is 2. The van der Waals surface area contributed by atoms with Crippen molar-refractivity contribution in [1.29, 1.82) is 0 Å². The lowest BCUT2D eigenvalue weighted by Gasteiger charge is -2.42. The minimum atomic E-state index is -0.415. The van der Waals surface area contributed by atoms with Crippen LogP contribution >= 0.6 is 0 Å². The van der Waals surface area contributed by atoms with E-state index in [0.29, 0.717) is 59.3 Å². The van der Waals surface area contributed by atoms with Gasteiger partial charge in [-0.25, -0.2) is 9.63 Å². The highest BCUT2D eigenvalue weighted by atomic mass is 17.1. The first-order valence-corrected chi connectivity index (χ1v) is 19.5. The third-order valence-corrected chi connectivity index (χ3v) is 9.90. The van der Waals surface area contributed by atoms with E-state index in [4.69, 9.17) is 43.6 Å². The monoisotopic (exact) mass is 802 g/mol. The minimum Gasteiger partial charge on any atom is -0.496 e. The summed E-state index contributed by atoms with van der Waals surface area (Å²) in [6, 6.07) is 28.7. The van der Waals surface area contributed by atoms with Gasteiger partial charge in [0.05, 0.1) is 57.2 Å². The number of hydrogen-bond donors (Lipinski definition) is 2. The van der Waals surface area contributed by atoms with Gasteiger partial charge >= 0.3 is 6.09 Å². The zero-order valence-corrected chi connectivity index (χ0v) is 33.2. The molecule has 312 valence electrons. The first-order chi connectivity index (χ1) is 28.4. The number of para-hydroxylation sites is 1. The molecule has 0 bridgehead atoms. The fourth-order valence-electron chi connectivity index (χ4n) is 6.86. The van der Waals surface area contributed by atoms with Crippen LogP contribution in [-0.2, 0) is 38.9 Å². The third kappa shape index (κ3) is 12.4. The van der Waals surface area contributed by atoms with E-state index in [9.17, 15) is 4.79 Å². The number of anilines is 2. The quantitative estimate of drug-likeness (QED) is 0.0715. The summed E-state index contributed by atoms with van der Waals surface area (Å²) in [5, 5.41) is 17.2. The molecule has 0 unspecified atom stereocenters. The number of piperazine rings is 1. The van der Waals surface area contributed by atoms with Gasteiger partial charge in [0.2, 0.25) is 0 Å². The van der Waals surface area contributed by atoms with Gasteiger partial charge in [-0.3, -0.25) is 10.4 Å². The van der Waals surface area contributed by atoms with Crippen molar-refractivity contribution in [3.8, 4) is 23.0 Å². The van der Waals surface area contributed by atoms with Gasteiger partial charge in [-0.05, 0) is 60.0 Å². The molecule has 2 N–H and O–H groups in total. The van der Waals surface area contributed by atoms with Crippen molar-refractivity contribution in [2.75, 3.05) is 89.8 Å². The van der Waals surface area contributed by atoms with Crippen LogP contribution in [0.5, 0.6) is 23.0 Å². The third-order valence-electron chi connectivity index (χ3n) is 9.90. The standard InChI is InChI=1S/C43H54N4O11/c1-51-23-5-19-44-22-26-55-42-18-17-39(27-40(42)44)56-32-37-28-45(43(48)57-29-33-9-11-34(12-10-33)30-58-47(49)50)20-21-46(37)36-13-15-38(16-14-36)54-25-6-24-53-31-35-7-3-4-8-41(35)52-2/h3-4,7-18,27,37,49-50H,5-6,19-26,28-32H2,1-2H3/t37-/m1/s1. The maximum Gasteiger partial charge on any atom is 0.410 e. The minimum absolute atomic E-state index is 0.0238. The van der Waals surface area contributed by atoms with E-state index >= 15 is 0 Å². The van der Waals surface area contributed by atoms with Crippen LogP contribution in [0.15, 0.2) is 91.0 Å².